The molecule has 2 aliphatic rings. The molecule has 0 radical (unpaired) electrons. The van der Waals surface area contributed by atoms with E-state index in [2.05, 4.69) is 102 Å². The number of hydrogen-bond donors (Lipinski definition) is 0. The second kappa shape index (κ2) is 5.49. The molecule has 3 aromatic carbocycles. The van der Waals surface area contributed by atoms with Gasteiger partial charge in [-0.05, 0) is 29.8 Å². The van der Waals surface area contributed by atoms with Crippen LogP contribution in [0.15, 0.2) is 91.2 Å². The minimum atomic E-state index is 0.905. The summed E-state index contributed by atoms with van der Waals surface area (Å²) < 4.78 is 2.46. The van der Waals surface area contributed by atoms with Crippen LogP contribution >= 0.6 is 0 Å². The van der Waals surface area contributed by atoms with Gasteiger partial charge < -0.3 is 9.47 Å². The van der Waals surface area contributed by atoms with Crippen LogP contribution < -0.4 is 4.90 Å². The predicted octanol–water partition coefficient (Wildman–Crippen LogP) is 6.24. The molecule has 0 unspecified atom stereocenters. The van der Waals surface area contributed by atoms with Crippen LogP contribution in [0, 0.1) is 0 Å². The zero-order valence-corrected chi connectivity index (χ0v) is 15.8. The predicted molar refractivity (Wildman–Crippen MR) is 119 cm³/mol. The second-order valence-electron chi connectivity index (χ2n) is 7.61. The SMILES string of the molecule is C=C1/C=C\C=C2/Cc3c(cccc3-n3c4ccccc4c4cccc2c43)N1C. The average Bonchev–Trinajstić information content (AvgIpc) is 3.01. The van der Waals surface area contributed by atoms with Gasteiger partial charge in [0, 0.05) is 46.8 Å². The summed E-state index contributed by atoms with van der Waals surface area (Å²) >= 11 is 0. The highest BCUT2D eigenvalue weighted by atomic mass is 15.1. The lowest BCUT2D eigenvalue weighted by Crippen LogP contribution is -2.16. The Bertz CT molecular complexity index is 1360. The second-order valence-corrected chi connectivity index (χ2v) is 7.61. The summed E-state index contributed by atoms with van der Waals surface area (Å²) in [4.78, 5) is 2.20. The molecule has 0 spiro atoms. The number of anilines is 1. The number of hydrogen-bond acceptors (Lipinski definition) is 1. The number of allylic oxidation sites excluding steroid dienone is 4. The molecule has 0 fully saturated rings. The van der Waals surface area contributed by atoms with E-state index >= 15 is 0 Å². The fourth-order valence-electron chi connectivity index (χ4n) is 4.77. The third-order valence-corrected chi connectivity index (χ3v) is 6.15. The van der Waals surface area contributed by atoms with Crippen molar-refractivity contribution in [3.05, 3.63) is 102 Å². The van der Waals surface area contributed by atoms with E-state index in [1.165, 1.54) is 49.9 Å². The molecule has 0 atom stereocenters. The average molecular weight is 360 g/mol. The molecule has 6 rings (SSSR count). The summed E-state index contributed by atoms with van der Waals surface area (Å²) in [6, 6.07) is 22.1. The van der Waals surface area contributed by atoms with Crippen LogP contribution in [0.2, 0.25) is 0 Å². The van der Waals surface area contributed by atoms with Crippen LogP contribution in [0.4, 0.5) is 5.69 Å². The van der Waals surface area contributed by atoms with Crippen molar-refractivity contribution in [2.75, 3.05) is 11.9 Å². The van der Waals surface area contributed by atoms with Crippen LogP contribution in [0.25, 0.3) is 33.1 Å². The van der Waals surface area contributed by atoms with E-state index in [9.17, 15) is 0 Å². The summed E-state index contributed by atoms with van der Waals surface area (Å²) in [7, 11) is 2.11. The summed E-state index contributed by atoms with van der Waals surface area (Å²) in [6.45, 7) is 4.26. The standard InChI is InChI=1S/C26H20N2/c1-17-8-5-9-18-16-22-23(27(17)2)14-7-15-25(22)28-24-13-4-3-10-20(24)21-12-6-11-19(18)26(21)28/h3-15H,1,16H2,2H3/b8-5-,18-9+. The van der Waals surface area contributed by atoms with Gasteiger partial charge in [-0.1, -0.05) is 61.2 Å². The molecule has 2 nitrogen and oxygen atoms in total. The minimum absolute atomic E-state index is 0.905. The van der Waals surface area contributed by atoms with Crippen LogP contribution in [-0.2, 0) is 6.42 Å². The Morgan fingerprint density at radius 2 is 1.64 bits per heavy atom. The molecule has 1 aromatic heterocycles. The maximum atomic E-state index is 4.26. The topological polar surface area (TPSA) is 8.17 Å². The van der Waals surface area contributed by atoms with E-state index in [0.29, 0.717) is 0 Å². The Morgan fingerprint density at radius 3 is 2.57 bits per heavy atom. The normalized spacial score (nSPS) is 18.2. The first kappa shape index (κ1) is 15.5. The highest BCUT2D eigenvalue weighted by Gasteiger charge is 2.25. The van der Waals surface area contributed by atoms with Gasteiger partial charge >= 0.3 is 0 Å². The van der Waals surface area contributed by atoms with E-state index in [1.807, 2.05) is 0 Å². The number of aromatic nitrogens is 1. The highest BCUT2D eigenvalue weighted by Crippen LogP contribution is 2.43. The van der Waals surface area contributed by atoms with Crippen LogP contribution in [0.5, 0.6) is 0 Å². The van der Waals surface area contributed by atoms with E-state index in [-0.39, 0.29) is 0 Å². The fourth-order valence-corrected chi connectivity index (χ4v) is 4.77. The zero-order chi connectivity index (χ0) is 18.8. The number of rotatable bonds is 0. The Hall–Kier alpha value is -3.52. The number of nitrogens with zero attached hydrogens (tertiary/aromatic N) is 2. The third kappa shape index (κ3) is 1.92. The lowest BCUT2D eigenvalue weighted by molar-refractivity contribution is 1.08. The highest BCUT2D eigenvalue weighted by molar-refractivity contribution is 6.13. The van der Waals surface area contributed by atoms with Gasteiger partial charge in [-0.2, -0.15) is 0 Å². The van der Waals surface area contributed by atoms with Gasteiger partial charge in [0.1, 0.15) is 0 Å². The first-order chi connectivity index (χ1) is 13.7. The summed E-state index contributed by atoms with van der Waals surface area (Å²) in [5.41, 5.74) is 10.1. The van der Waals surface area contributed by atoms with E-state index in [0.717, 1.165) is 12.1 Å². The van der Waals surface area contributed by atoms with Crippen LogP contribution in [-0.4, -0.2) is 11.6 Å². The maximum absolute atomic E-state index is 4.26. The Labute approximate surface area is 164 Å². The van der Waals surface area contributed by atoms with E-state index in [4.69, 9.17) is 0 Å². The van der Waals surface area contributed by atoms with Crippen molar-refractivity contribution in [3.8, 4) is 5.69 Å². The Morgan fingerprint density at radius 1 is 0.857 bits per heavy atom. The first-order valence-electron chi connectivity index (χ1n) is 9.69. The van der Waals surface area contributed by atoms with Gasteiger partial charge in [0.25, 0.3) is 0 Å². The molecular weight excluding hydrogens is 340 g/mol. The van der Waals surface area contributed by atoms with E-state index < -0.39 is 0 Å². The van der Waals surface area contributed by atoms with Gasteiger partial charge in [-0.25, -0.2) is 0 Å². The summed E-state index contributed by atoms with van der Waals surface area (Å²) in [6.07, 6.45) is 7.39. The number of benzene rings is 3. The molecule has 28 heavy (non-hydrogen) atoms. The van der Waals surface area contributed by atoms with Gasteiger partial charge in [-0.3, -0.25) is 0 Å². The minimum Gasteiger partial charge on any atom is -0.345 e. The van der Waals surface area contributed by atoms with Gasteiger partial charge in [0.05, 0.1) is 16.7 Å². The van der Waals surface area contributed by atoms with Crippen molar-refractivity contribution in [1.82, 2.24) is 4.57 Å². The van der Waals surface area contributed by atoms with Gasteiger partial charge in [0.2, 0.25) is 0 Å². The van der Waals surface area contributed by atoms with Crippen molar-refractivity contribution in [3.63, 3.8) is 0 Å². The number of likely N-dealkylation sites (N-methyl/N-ethyl adjacent to an activating group) is 1. The Balaban J connectivity index is 1.88. The Kier molecular flexibility index (Phi) is 3.05. The zero-order valence-electron chi connectivity index (χ0n) is 15.8. The quantitative estimate of drug-likeness (QED) is 0.360. The first-order valence-corrected chi connectivity index (χ1v) is 9.69. The molecule has 2 aliphatic heterocycles. The molecule has 0 aliphatic carbocycles. The molecule has 134 valence electrons. The molecule has 2 heteroatoms. The lowest BCUT2D eigenvalue weighted by atomic mass is 9.95. The van der Waals surface area contributed by atoms with Gasteiger partial charge in [-0.15, -0.1) is 0 Å². The van der Waals surface area contributed by atoms with Crippen LogP contribution in [0.1, 0.15) is 11.1 Å². The van der Waals surface area contributed by atoms with Crippen molar-refractivity contribution in [2.24, 2.45) is 0 Å². The fraction of sp³-hybridized carbons (Fsp3) is 0.0769. The molecule has 0 amide bonds. The van der Waals surface area contributed by atoms with E-state index in [1.54, 1.807) is 0 Å². The molecule has 0 saturated heterocycles. The molecule has 2 bridgehead atoms. The third-order valence-electron chi connectivity index (χ3n) is 6.15. The number of fused-ring (bicyclic) bond motifs is 6. The molecule has 0 N–H and O–H groups in total. The smallest absolute Gasteiger partial charge is 0.0616 e. The summed E-state index contributed by atoms with van der Waals surface area (Å²) in [5, 5.41) is 2.62. The maximum Gasteiger partial charge on any atom is 0.0616 e. The van der Waals surface area contributed by atoms with Crippen molar-refractivity contribution >= 4 is 33.1 Å². The lowest BCUT2D eigenvalue weighted by Gasteiger charge is -2.24. The van der Waals surface area contributed by atoms with Crippen molar-refractivity contribution in [1.29, 1.82) is 0 Å². The van der Waals surface area contributed by atoms with Gasteiger partial charge in [0.15, 0.2) is 0 Å². The largest absolute Gasteiger partial charge is 0.345 e. The summed E-state index contributed by atoms with van der Waals surface area (Å²) in [5.74, 6) is 0. The molecule has 3 heterocycles. The molecule has 4 aromatic rings. The van der Waals surface area contributed by atoms with Crippen molar-refractivity contribution in [2.45, 2.75) is 6.42 Å². The van der Waals surface area contributed by atoms with Crippen LogP contribution in [0.3, 0.4) is 0 Å². The number of para-hydroxylation sites is 2. The molecule has 0 saturated carbocycles. The van der Waals surface area contributed by atoms with Crippen molar-refractivity contribution < 1.29 is 0 Å². The molecular formula is C26H20N2. The monoisotopic (exact) mass is 360 g/mol.